The molecule has 1 aliphatic rings. The second-order valence-corrected chi connectivity index (χ2v) is 4.09. The van der Waals surface area contributed by atoms with Gasteiger partial charge in [0.25, 0.3) is 0 Å². The highest BCUT2D eigenvalue weighted by molar-refractivity contribution is 5.24. The van der Waals surface area contributed by atoms with Gasteiger partial charge in [0.05, 0.1) is 12.7 Å². The predicted molar refractivity (Wildman–Crippen MR) is 57.0 cm³/mol. The van der Waals surface area contributed by atoms with E-state index in [2.05, 4.69) is 31.2 Å². The summed E-state index contributed by atoms with van der Waals surface area (Å²) in [6.45, 7) is 2.84. The topological polar surface area (TPSA) is 35.2 Å². The Morgan fingerprint density at radius 2 is 2.07 bits per heavy atom. The molecule has 1 fully saturated rings. The first kappa shape index (κ1) is 9.69. The average Bonchev–Trinajstić information content (AvgIpc) is 2.13. The van der Waals surface area contributed by atoms with Gasteiger partial charge in [-0.15, -0.1) is 0 Å². The fourth-order valence-electron chi connectivity index (χ4n) is 1.72. The molecule has 0 bridgehead atoms. The number of hydrogen-bond donors (Lipinski definition) is 1. The van der Waals surface area contributed by atoms with Crippen molar-refractivity contribution in [1.82, 2.24) is 0 Å². The van der Waals surface area contributed by atoms with Crippen molar-refractivity contribution < 1.29 is 4.74 Å². The lowest BCUT2D eigenvalue weighted by Crippen LogP contribution is -2.41. The van der Waals surface area contributed by atoms with E-state index in [0.29, 0.717) is 12.1 Å². The molecule has 1 aliphatic carbocycles. The molecule has 2 nitrogen and oxygen atoms in total. The van der Waals surface area contributed by atoms with Crippen molar-refractivity contribution in [3.8, 4) is 0 Å². The normalized spacial score (nSPS) is 25.9. The predicted octanol–water partition coefficient (Wildman–Crippen LogP) is 2.00. The molecule has 0 unspecified atom stereocenters. The molecule has 0 aromatic heterocycles. The molecule has 0 aliphatic heterocycles. The number of aryl methyl sites for hydroxylation is 1. The molecule has 0 heterocycles. The van der Waals surface area contributed by atoms with E-state index in [1.54, 1.807) is 0 Å². The Kier molecular flexibility index (Phi) is 2.85. The van der Waals surface area contributed by atoms with E-state index in [4.69, 9.17) is 10.5 Å². The van der Waals surface area contributed by atoms with Gasteiger partial charge in [0.2, 0.25) is 0 Å². The standard InChI is InChI=1S/C12H17NO/c1-9-4-2-3-5-10(9)8-14-12-6-11(13)7-12/h2-5,11-12H,6-8,13H2,1H3. The van der Waals surface area contributed by atoms with Crippen LogP contribution in [0.5, 0.6) is 0 Å². The van der Waals surface area contributed by atoms with Crippen molar-refractivity contribution >= 4 is 0 Å². The maximum Gasteiger partial charge on any atom is 0.0723 e. The molecule has 2 N–H and O–H groups in total. The minimum atomic E-state index is 0.372. The number of nitrogens with two attached hydrogens (primary N) is 1. The van der Waals surface area contributed by atoms with Crippen LogP contribution >= 0.6 is 0 Å². The van der Waals surface area contributed by atoms with E-state index in [0.717, 1.165) is 19.4 Å². The molecule has 0 atom stereocenters. The summed E-state index contributed by atoms with van der Waals surface area (Å²) in [5.41, 5.74) is 8.27. The van der Waals surface area contributed by atoms with Gasteiger partial charge in [-0.05, 0) is 30.9 Å². The fourth-order valence-corrected chi connectivity index (χ4v) is 1.72. The zero-order chi connectivity index (χ0) is 9.97. The zero-order valence-corrected chi connectivity index (χ0v) is 8.57. The van der Waals surface area contributed by atoms with Gasteiger partial charge in [-0.3, -0.25) is 0 Å². The van der Waals surface area contributed by atoms with Crippen LogP contribution in [0.1, 0.15) is 24.0 Å². The zero-order valence-electron chi connectivity index (χ0n) is 8.57. The van der Waals surface area contributed by atoms with Gasteiger partial charge >= 0.3 is 0 Å². The molecule has 1 saturated carbocycles. The van der Waals surface area contributed by atoms with E-state index in [-0.39, 0.29) is 0 Å². The molecule has 0 amide bonds. The van der Waals surface area contributed by atoms with Gasteiger partial charge in [-0.2, -0.15) is 0 Å². The average molecular weight is 191 g/mol. The Morgan fingerprint density at radius 1 is 1.36 bits per heavy atom. The van der Waals surface area contributed by atoms with Crippen LogP contribution in [0.3, 0.4) is 0 Å². The first-order chi connectivity index (χ1) is 6.75. The lowest BCUT2D eigenvalue weighted by Gasteiger charge is -2.32. The van der Waals surface area contributed by atoms with Crippen LogP contribution in [-0.2, 0) is 11.3 Å². The quantitative estimate of drug-likeness (QED) is 0.793. The van der Waals surface area contributed by atoms with E-state index >= 15 is 0 Å². The summed E-state index contributed by atoms with van der Waals surface area (Å²) in [6, 6.07) is 8.71. The molecular weight excluding hydrogens is 174 g/mol. The highest BCUT2D eigenvalue weighted by atomic mass is 16.5. The van der Waals surface area contributed by atoms with Gasteiger partial charge in [0.1, 0.15) is 0 Å². The molecular formula is C12H17NO. The molecule has 0 saturated heterocycles. The second kappa shape index (κ2) is 4.11. The first-order valence-corrected chi connectivity index (χ1v) is 5.17. The van der Waals surface area contributed by atoms with Gasteiger partial charge in [-0.25, -0.2) is 0 Å². The third-order valence-electron chi connectivity index (χ3n) is 2.87. The van der Waals surface area contributed by atoms with Crippen LogP contribution in [0.2, 0.25) is 0 Å². The third-order valence-corrected chi connectivity index (χ3v) is 2.87. The van der Waals surface area contributed by atoms with Gasteiger partial charge < -0.3 is 10.5 Å². The lowest BCUT2D eigenvalue weighted by atomic mass is 9.90. The summed E-state index contributed by atoms with van der Waals surface area (Å²) in [5.74, 6) is 0. The van der Waals surface area contributed by atoms with E-state index in [1.165, 1.54) is 11.1 Å². The van der Waals surface area contributed by atoms with Gasteiger partial charge in [-0.1, -0.05) is 24.3 Å². The molecule has 2 heteroatoms. The SMILES string of the molecule is Cc1ccccc1COC1CC(N)C1. The number of hydrogen-bond acceptors (Lipinski definition) is 2. The number of benzene rings is 1. The van der Waals surface area contributed by atoms with E-state index < -0.39 is 0 Å². The van der Waals surface area contributed by atoms with Crippen LogP contribution in [0, 0.1) is 6.92 Å². The third kappa shape index (κ3) is 2.14. The molecule has 1 aromatic carbocycles. The van der Waals surface area contributed by atoms with Crippen LogP contribution in [0.25, 0.3) is 0 Å². The van der Waals surface area contributed by atoms with Crippen LogP contribution < -0.4 is 5.73 Å². The van der Waals surface area contributed by atoms with E-state index in [1.807, 2.05) is 0 Å². The summed E-state index contributed by atoms with van der Waals surface area (Å²) in [5, 5.41) is 0. The van der Waals surface area contributed by atoms with Gasteiger partial charge in [0, 0.05) is 6.04 Å². The summed E-state index contributed by atoms with van der Waals surface area (Å²) in [6.07, 6.45) is 2.43. The summed E-state index contributed by atoms with van der Waals surface area (Å²) < 4.78 is 5.74. The Bertz CT molecular complexity index is 305. The maximum atomic E-state index is 5.74. The van der Waals surface area contributed by atoms with Crippen molar-refractivity contribution in [3.63, 3.8) is 0 Å². The molecule has 76 valence electrons. The van der Waals surface area contributed by atoms with Crippen LogP contribution in [0.15, 0.2) is 24.3 Å². The first-order valence-electron chi connectivity index (χ1n) is 5.17. The van der Waals surface area contributed by atoms with Crippen molar-refractivity contribution in [3.05, 3.63) is 35.4 Å². The van der Waals surface area contributed by atoms with Gasteiger partial charge in [0.15, 0.2) is 0 Å². The molecule has 0 spiro atoms. The monoisotopic (exact) mass is 191 g/mol. The molecule has 14 heavy (non-hydrogen) atoms. The highest BCUT2D eigenvalue weighted by Gasteiger charge is 2.26. The number of rotatable bonds is 3. The Hall–Kier alpha value is -0.860. The number of ether oxygens (including phenoxy) is 1. The molecule has 2 rings (SSSR count). The Balaban J connectivity index is 1.83. The highest BCUT2D eigenvalue weighted by Crippen LogP contribution is 2.22. The molecule has 1 aromatic rings. The van der Waals surface area contributed by atoms with Crippen molar-refractivity contribution in [2.75, 3.05) is 0 Å². The second-order valence-electron chi connectivity index (χ2n) is 4.09. The van der Waals surface area contributed by atoms with Crippen molar-refractivity contribution in [2.24, 2.45) is 5.73 Å². The van der Waals surface area contributed by atoms with E-state index in [9.17, 15) is 0 Å². The van der Waals surface area contributed by atoms with Crippen LogP contribution in [-0.4, -0.2) is 12.1 Å². The summed E-state index contributed by atoms with van der Waals surface area (Å²) >= 11 is 0. The van der Waals surface area contributed by atoms with Crippen molar-refractivity contribution in [1.29, 1.82) is 0 Å². The molecule has 0 radical (unpaired) electrons. The fraction of sp³-hybridized carbons (Fsp3) is 0.500. The largest absolute Gasteiger partial charge is 0.373 e. The summed E-state index contributed by atoms with van der Waals surface area (Å²) in [7, 11) is 0. The van der Waals surface area contributed by atoms with Crippen molar-refractivity contribution in [2.45, 2.75) is 38.5 Å². The lowest BCUT2D eigenvalue weighted by molar-refractivity contribution is -0.0190. The minimum absolute atomic E-state index is 0.372. The maximum absolute atomic E-state index is 5.74. The minimum Gasteiger partial charge on any atom is -0.373 e. The Labute approximate surface area is 85.1 Å². The Morgan fingerprint density at radius 3 is 2.71 bits per heavy atom. The smallest absolute Gasteiger partial charge is 0.0723 e. The van der Waals surface area contributed by atoms with Crippen LogP contribution in [0.4, 0.5) is 0 Å². The summed E-state index contributed by atoms with van der Waals surface area (Å²) in [4.78, 5) is 0.